The van der Waals surface area contributed by atoms with Crippen molar-refractivity contribution in [2.75, 3.05) is 88.0 Å². The fraction of sp³-hybridized carbons (Fsp3) is 0.456. The van der Waals surface area contributed by atoms with Gasteiger partial charge in [-0.3, -0.25) is 44.4 Å². The number of rotatable bonds is 22. The Bertz CT molecular complexity index is 3860. The van der Waals surface area contributed by atoms with Gasteiger partial charge in [0.05, 0.1) is 21.6 Å². The number of H-pyrrole nitrogens is 1. The van der Waals surface area contributed by atoms with E-state index in [1.54, 1.807) is 47.1 Å². The number of imide groups is 1. The molecule has 3 saturated heterocycles. The molecule has 23 heteroatoms. The highest BCUT2D eigenvalue weighted by molar-refractivity contribution is 7.99. The third kappa shape index (κ3) is 15.1. The van der Waals surface area contributed by atoms with Gasteiger partial charge in [-0.25, -0.2) is 18.1 Å². The van der Waals surface area contributed by atoms with E-state index in [0.717, 1.165) is 155 Å². The van der Waals surface area contributed by atoms with Crippen molar-refractivity contribution in [1.82, 2.24) is 39.6 Å². The summed E-state index contributed by atoms with van der Waals surface area (Å²) in [5, 5.41) is 19.7. The average Bonchev–Trinajstić information content (AvgIpc) is 1.77. The first-order valence-electron chi connectivity index (χ1n) is 32.0. The summed E-state index contributed by atoms with van der Waals surface area (Å²) < 4.78 is 36.6. The number of anilines is 2. The van der Waals surface area contributed by atoms with Crippen LogP contribution in [0.5, 0.6) is 11.5 Å². The number of piperazine rings is 2. The molecule has 1 saturated carbocycles. The van der Waals surface area contributed by atoms with Crippen molar-refractivity contribution in [3.05, 3.63) is 146 Å². The molecule has 0 radical (unpaired) electrons. The highest BCUT2D eigenvalue weighted by Gasteiger charge is 2.40. The molecule has 6 aromatic rings. The molecule has 0 bridgehead atoms. The van der Waals surface area contributed by atoms with E-state index in [1.807, 2.05) is 30.3 Å². The number of ether oxygens (including phenoxy) is 1. The standard InChI is InChI=1S/C68H80ClN11O9S2/c1-68(2)25-23-48(56(40-68)46-11-13-49(69)14-12-46)43-76-30-34-78(35-31-76)51-17-19-55(61(38-51)89-52-37-47-24-26-70-64(47)72-42-52)65(82)74-91(87,88)53-18-20-58(60(39-53)80(85)86)71-41-45-9-15-50(16-10-45)77-32-28-75(29-33-77)27-4-3-5-36-90-62-8-6-7-54-57(62)44-79(67(54)84)59-21-22-63(81)73-66(59)83/h6-8,11-14,17-20,24,26,37-39,42,45,50,59,71H,3-5,9-10,15-16,21-23,25,27-36,40-41,43-44H2,1-2H3,(H,70,72)(H,74,82)(H,73,81,83)/t45-,50-,59?. The Morgan fingerprint density at radius 3 is 2.42 bits per heavy atom. The van der Waals surface area contributed by atoms with Gasteiger partial charge in [-0.05, 0) is 165 Å². The van der Waals surface area contributed by atoms with Gasteiger partial charge in [0.15, 0.2) is 0 Å². The largest absolute Gasteiger partial charge is 0.455 e. The number of nitro groups is 1. The average molecular weight is 1300 g/mol. The molecule has 4 aliphatic heterocycles. The first kappa shape index (κ1) is 63.8. The van der Waals surface area contributed by atoms with Gasteiger partial charge in [-0.15, -0.1) is 11.8 Å². The lowest BCUT2D eigenvalue weighted by Crippen LogP contribution is -2.52. The Hall–Kier alpha value is -7.34. The number of hydrogen-bond donors (Lipinski definition) is 4. The summed E-state index contributed by atoms with van der Waals surface area (Å²) in [5.41, 5.74) is 7.15. The van der Waals surface area contributed by atoms with Crippen molar-refractivity contribution < 1.29 is 37.3 Å². The number of pyridine rings is 1. The van der Waals surface area contributed by atoms with Crippen LogP contribution in [0.1, 0.15) is 123 Å². The van der Waals surface area contributed by atoms with Gasteiger partial charge < -0.3 is 29.7 Å². The van der Waals surface area contributed by atoms with Gasteiger partial charge in [0.25, 0.3) is 27.5 Å². The molecular formula is C68H80ClN11O9S2. The minimum atomic E-state index is -4.61. The lowest BCUT2D eigenvalue weighted by atomic mass is 9.72. The molecule has 1 atom stereocenters. The molecule has 91 heavy (non-hydrogen) atoms. The van der Waals surface area contributed by atoms with Gasteiger partial charge in [0.1, 0.15) is 28.9 Å². The number of amides is 4. The molecular weight excluding hydrogens is 1210 g/mol. The van der Waals surface area contributed by atoms with Gasteiger partial charge in [0, 0.05) is 129 Å². The summed E-state index contributed by atoms with van der Waals surface area (Å²) >= 11 is 8.05. The number of nitro benzene ring substituents is 1. The summed E-state index contributed by atoms with van der Waals surface area (Å²) in [4.78, 5) is 83.4. The second-order valence-electron chi connectivity index (χ2n) is 26.0. The van der Waals surface area contributed by atoms with E-state index in [2.05, 4.69) is 77.0 Å². The van der Waals surface area contributed by atoms with E-state index < -0.39 is 43.4 Å². The Morgan fingerprint density at radius 2 is 1.65 bits per heavy atom. The van der Waals surface area contributed by atoms with Gasteiger partial charge >= 0.3 is 0 Å². The van der Waals surface area contributed by atoms with Crippen LogP contribution in [-0.4, -0.2) is 156 Å². The summed E-state index contributed by atoms with van der Waals surface area (Å²) in [6.07, 6.45) is 14.3. The maximum Gasteiger partial charge on any atom is 0.293 e. The van der Waals surface area contributed by atoms with Gasteiger partial charge in [-0.1, -0.05) is 55.6 Å². The lowest BCUT2D eigenvalue weighted by Gasteiger charge is -2.42. The van der Waals surface area contributed by atoms with Crippen LogP contribution in [0, 0.1) is 21.4 Å². The number of nitrogens with zero attached hydrogens (tertiary/aromatic N) is 7. The number of benzene rings is 4. The number of nitrogens with one attached hydrogen (secondary N) is 4. The minimum Gasteiger partial charge on any atom is -0.455 e. The number of carbonyl (C=O) groups is 4. The monoisotopic (exact) mass is 1290 g/mol. The number of piperidine rings is 1. The third-order valence-corrected chi connectivity index (χ3v) is 22.0. The molecule has 20 nitrogen and oxygen atoms in total. The summed E-state index contributed by atoms with van der Waals surface area (Å²) in [7, 11) is -4.61. The molecule has 2 aliphatic carbocycles. The Kier molecular flexibility index (Phi) is 19.5. The summed E-state index contributed by atoms with van der Waals surface area (Å²) in [6, 6.07) is 26.3. The number of thioether (sulfide) groups is 1. The molecule has 2 aromatic heterocycles. The van der Waals surface area contributed by atoms with Crippen LogP contribution in [0.25, 0.3) is 16.6 Å². The number of unbranched alkanes of at least 4 members (excludes halogenated alkanes) is 2. The number of hydrogen-bond acceptors (Lipinski definition) is 16. The van der Waals surface area contributed by atoms with E-state index in [1.165, 1.54) is 35.0 Å². The van der Waals surface area contributed by atoms with Crippen LogP contribution in [0.15, 0.2) is 119 Å². The summed E-state index contributed by atoms with van der Waals surface area (Å²) in [6.45, 7) is 14.6. The number of fused-ring (bicyclic) bond motifs is 2. The predicted molar refractivity (Wildman–Crippen MR) is 354 cm³/mol. The maximum atomic E-state index is 14.2. The zero-order chi connectivity index (χ0) is 63.4. The molecule has 4 N–H and O–H groups in total. The van der Waals surface area contributed by atoms with Crippen LogP contribution in [0.2, 0.25) is 5.02 Å². The molecule has 4 amide bonds. The highest BCUT2D eigenvalue weighted by Crippen LogP contribution is 2.44. The molecule has 12 rings (SSSR count). The van der Waals surface area contributed by atoms with Crippen LogP contribution in [0.3, 0.4) is 0 Å². The van der Waals surface area contributed by atoms with E-state index in [-0.39, 0.29) is 46.6 Å². The van der Waals surface area contributed by atoms with Crippen molar-refractivity contribution >= 4 is 90.7 Å². The van der Waals surface area contributed by atoms with Crippen molar-refractivity contribution in [3.8, 4) is 11.5 Å². The van der Waals surface area contributed by atoms with Crippen LogP contribution in [-0.2, 0) is 26.2 Å². The van der Waals surface area contributed by atoms with Gasteiger partial charge in [-0.2, -0.15) is 0 Å². The predicted octanol–water partition coefficient (Wildman–Crippen LogP) is 11.1. The van der Waals surface area contributed by atoms with Crippen molar-refractivity contribution in [2.45, 2.75) is 119 Å². The van der Waals surface area contributed by atoms with Crippen molar-refractivity contribution in [3.63, 3.8) is 0 Å². The molecule has 4 aromatic carbocycles. The number of carbonyl (C=O) groups excluding carboxylic acids is 4. The van der Waals surface area contributed by atoms with Crippen molar-refractivity contribution in [2.24, 2.45) is 11.3 Å². The quantitative estimate of drug-likeness (QED) is 0.0163. The number of allylic oxidation sites excluding steroid dienone is 1. The third-order valence-electron chi connectivity index (χ3n) is 19.3. The molecule has 1 unspecified atom stereocenters. The van der Waals surface area contributed by atoms with E-state index in [4.69, 9.17) is 16.3 Å². The number of aromatic nitrogens is 2. The molecule has 6 aliphatic rings. The second kappa shape index (κ2) is 27.9. The highest BCUT2D eigenvalue weighted by atomic mass is 35.5. The Balaban J connectivity index is 0.603. The van der Waals surface area contributed by atoms with E-state index in [9.17, 15) is 37.7 Å². The number of halogens is 1. The first-order valence-corrected chi connectivity index (χ1v) is 34.9. The van der Waals surface area contributed by atoms with Crippen LogP contribution in [0.4, 0.5) is 17.1 Å². The van der Waals surface area contributed by atoms with E-state index in [0.29, 0.717) is 55.6 Å². The zero-order valence-electron chi connectivity index (χ0n) is 51.7. The van der Waals surface area contributed by atoms with E-state index >= 15 is 0 Å². The van der Waals surface area contributed by atoms with Crippen LogP contribution < -0.4 is 25.0 Å². The number of sulfonamides is 1. The molecule has 6 heterocycles. The smallest absolute Gasteiger partial charge is 0.293 e. The second-order valence-corrected chi connectivity index (χ2v) is 29.2. The minimum absolute atomic E-state index is 0.0417. The molecule has 4 fully saturated rings. The number of aromatic amines is 1. The SMILES string of the molecule is CC1(C)CCC(CN2CCN(c3ccc(C(=O)NS(=O)(=O)c4ccc(NC[C@H]5CC[C@H](N6CCN(CCCCCSc7cccc8c7CN(C7CCC(=O)NC7=O)C8=O)CC6)CC5)c([N+](=O)[O-])c4)c(Oc4cnc5[nH]ccc5c4)c3)CC2)=C(c2ccc(Cl)cc2)C1. The fourth-order valence-electron chi connectivity index (χ4n) is 14.0. The van der Waals surface area contributed by atoms with Gasteiger partial charge in [0.2, 0.25) is 11.8 Å². The molecule has 0 spiro atoms. The molecule has 480 valence electrons. The maximum absolute atomic E-state index is 14.2. The fourth-order valence-corrected chi connectivity index (χ4v) is 16.2. The van der Waals surface area contributed by atoms with Crippen molar-refractivity contribution in [1.29, 1.82) is 0 Å². The Labute approximate surface area is 541 Å². The zero-order valence-corrected chi connectivity index (χ0v) is 54.1. The Morgan fingerprint density at radius 1 is 0.868 bits per heavy atom. The topological polar surface area (TPSA) is 236 Å². The lowest BCUT2D eigenvalue weighted by molar-refractivity contribution is -0.384. The normalized spacial score (nSPS) is 21.0. The first-order chi connectivity index (χ1) is 43.9. The summed E-state index contributed by atoms with van der Waals surface area (Å²) in [5.74, 6) is -0.0882. The van der Waals surface area contributed by atoms with Crippen LogP contribution >= 0.6 is 23.4 Å².